The largest absolute Gasteiger partial charge is 0.492 e. The van der Waals surface area contributed by atoms with Crippen molar-refractivity contribution in [3.63, 3.8) is 0 Å². The molecule has 3 aromatic rings. The number of nitrogens with one attached hydrogen (secondary N) is 1. The lowest BCUT2D eigenvalue weighted by molar-refractivity contribution is -0.113. The van der Waals surface area contributed by atoms with Gasteiger partial charge in [-0.25, -0.2) is 0 Å². The third-order valence-corrected chi connectivity index (χ3v) is 6.15. The van der Waals surface area contributed by atoms with E-state index in [0.29, 0.717) is 34.0 Å². The van der Waals surface area contributed by atoms with Crippen LogP contribution in [0.2, 0.25) is 10.0 Å². The van der Waals surface area contributed by atoms with Crippen LogP contribution in [0.1, 0.15) is 24.7 Å². The molecule has 1 amide bonds. The van der Waals surface area contributed by atoms with Crippen LogP contribution in [0.25, 0.3) is 0 Å². The molecule has 1 N–H and O–H groups in total. The number of nitrogens with zero attached hydrogens (tertiary/aromatic N) is 3. The zero-order valence-electron chi connectivity index (χ0n) is 17.4. The van der Waals surface area contributed by atoms with Gasteiger partial charge in [-0.1, -0.05) is 54.0 Å². The Morgan fingerprint density at radius 2 is 1.94 bits per heavy atom. The minimum Gasteiger partial charge on any atom is -0.492 e. The Morgan fingerprint density at radius 1 is 1.16 bits per heavy atom. The van der Waals surface area contributed by atoms with Crippen molar-refractivity contribution in [1.82, 2.24) is 14.8 Å². The minimum absolute atomic E-state index is 0.0768. The van der Waals surface area contributed by atoms with Crippen LogP contribution in [0, 0.1) is 0 Å². The van der Waals surface area contributed by atoms with Crippen LogP contribution < -0.4 is 10.1 Å². The number of benzene rings is 2. The van der Waals surface area contributed by atoms with Gasteiger partial charge >= 0.3 is 0 Å². The van der Waals surface area contributed by atoms with E-state index in [2.05, 4.69) is 22.4 Å². The zero-order chi connectivity index (χ0) is 22.2. The van der Waals surface area contributed by atoms with Gasteiger partial charge < -0.3 is 14.6 Å². The number of halogens is 2. The van der Waals surface area contributed by atoms with E-state index in [4.69, 9.17) is 27.9 Å². The number of hydrogen-bond acceptors (Lipinski definition) is 5. The fourth-order valence-corrected chi connectivity index (χ4v) is 4.04. The number of amides is 1. The monoisotopic (exact) mass is 478 g/mol. The highest BCUT2D eigenvalue weighted by Gasteiger charge is 2.12. The van der Waals surface area contributed by atoms with E-state index < -0.39 is 0 Å². The number of carbonyl (C=O) groups excluding carboxylic acids is 1. The van der Waals surface area contributed by atoms with Gasteiger partial charge in [0, 0.05) is 24.2 Å². The van der Waals surface area contributed by atoms with Gasteiger partial charge in [0.05, 0.1) is 17.4 Å². The molecule has 0 spiro atoms. The molecular formula is C22H24Cl2N4O2S. The van der Waals surface area contributed by atoms with Crippen LogP contribution in [0.3, 0.4) is 0 Å². The molecule has 0 saturated heterocycles. The molecule has 0 fully saturated rings. The van der Waals surface area contributed by atoms with Crippen molar-refractivity contribution in [3.05, 3.63) is 63.9 Å². The summed E-state index contributed by atoms with van der Waals surface area (Å²) in [7, 11) is 1.90. The number of carbonyl (C=O) groups is 1. The second-order valence-corrected chi connectivity index (χ2v) is 8.66. The quantitative estimate of drug-likeness (QED) is 0.310. The molecule has 9 heteroatoms. The van der Waals surface area contributed by atoms with E-state index in [1.807, 2.05) is 35.9 Å². The van der Waals surface area contributed by atoms with E-state index in [0.717, 1.165) is 24.4 Å². The Labute approximate surface area is 196 Å². The fourth-order valence-electron chi connectivity index (χ4n) is 2.84. The molecule has 0 unspecified atom stereocenters. The van der Waals surface area contributed by atoms with E-state index in [1.54, 1.807) is 18.2 Å². The lowest BCUT2D eigenvalue weighted by Crippen LogP contribution is -2.14. The summed E-state index contributed by atoms with van der Waals surface area (Å²) in [4.78, 5) is 12.2. The number of rotatable bonds is 10. The van der Waals surface area contributed by atoms with E-state index >= 15 is 0 Å². The summed E-state index contributed by atoms with van der Waals surface area (Å²) in [5.74, 6) is 1.63. The molecule has 0 aliphatic rings. The topological polar surface area (TPSA) is 69.0 Å². The molecule has 2 aromatic carbocycles. The molecule has 31 heavy (non-hydrogen) atoms. The van der Waals surface area contributed by atoms with Crippen molar-refractivity contribution in [1.29, 1.82) is 0 Å². The molecule has 1 aromatic heterocycles. The Balaban J connectivity index is 1.43. The molecule has 164 valence electrons. The Bertz CT molecular complexity index is 1020. The number of ether oxygens (including phenoxy) is 1. The highest BCUT2D eigenvalue weighted by Crippen LogP contribution is 2.27. The number of aryl methyl sites for hydroxylation is 2. The average Bonchev–Trinajstić information content (AvgIpc) is 3.11. The van der Waals surface area contributed by atoms with Crippen LogP contribution in [-0.2, 0) is 24.7 Å². The van der Waals surface area contributed by atoms with Gasteiger partial charge in [0.2, 0.25) is 5.91 Å². The smallest absolute Gasteiger partial charge is 0.234 e. The van der Waals surface area contributed by atoms with Gasteiger partial charge in [0.25, 0.3) is 0 Å². The van der Waals surface area contributed by atoms with Crippen molar-refractivity contribution in [2.24, 2.45) is 7.05 Å². The van der Waals surface area contributed by atoms with Gasteiger partial charge in [-0.2, -0.15) is 0 Å². The highest BCUT2D eigenvalue weighted by molar-refractivity contribution is 7.99. The Hall–Kier alpha value is -2.22. The third-order valence-electron chi connectivity index (χ3n) is 4.60. The summed E-state index contributed by atoms with van der Waals surface area (Å²) in [6.07, 6.45) is 2.43. The number of aromatic nitrogens is 3. The molecule has 0 atom stereocenters. The SMILES string of the molecule is CCc1ccc(NC(=O)CSc2nnc(CCCOc3ccc(Cl)cc3Cl)n2C)cc1. The molecular weight excluding hydrogens is 455 g/mol. The molecule has 0 aliphatic carbocycles. The molecule has 0 bridgehead atoms. The lowest BCUT2D eigenvalue weighted by atomic mass is 10.1. The van der Waals surface area contributed by atoms with Gasteiger partial charge in [-0.15, -0.1) is 10.2 Å². The summed E-state index contributed by atoms with van der Waals surface area (Å²) in [6.45, 7) is 2.59. The molecule has 1 heterocycles. The first-order chi connectivity index (χ1) is 15.0. The van der Waals surface area contributed by atoms with Gasteiger partial charge in [-0.05, 0) is 48.7 Å². The maximum absolute atomic E-state index is 12.2. The van der Waals surface area contributed by atoms with E-state index in [-0.39, 0.29) is 11.7 Å². The van der Waals surface area contributed by atoms with Crippen LogP contribution in [-0.4, -0.2) is 33.0 Å². The Morgan fingerprint density at radius 3 is 2.65 bits per heavy atom. The third kappa shape index (κ3) is 6.89. The van der Waals surface area contributed by atoms with E-state index in [9.17, 15) is 4.79 Å². The predicted molar refractivity (Wildman–Crippen MR) is 126 cm³/mol. The van der Waals surface area contributed by atoms with Crippen LogP contribution in [0.4, 0.5) is 5.69 Å². The number of hydrogen-bond donors (Lipinski definition) is 1. The maximum atomic E-state index is 12.2. The van der Waals surface area contributed by atoms with Crippen molar-refractivity contribution < 1.29 is 9.53 Å². The minimum atomic E-state index is -0.0768. The highest BCUT2D eigenvalue weighted by atomic mass is 35.5. The summed E-state index contributed by atoms with van der Waals surface area (Å²) in [6, 6.07) is 13.0. The fraction of sp³-hybridized carbons (Fsp3) is 0.318. The first kappa shape index (κ1) is 23.4. The summed E-state index contributed by atoms with van der Waals surface area (Å²) in [5.41, 5.74) is 2.03. The van der Waals surface area contributed by atoms with Crippen LogP contribution >= 0.6 is 35.0 Å². The first-order valence-corrected chi connectivity index (χ1v) is 11.7. The summed E-state index contributed by atoms with van der Waals surface area (Å²) >= 11 is 13.4. The molecule has 0 saturated carbocycles. The van der Waals surface area contributed by atoms with Gasteiger partial charge in [0.15, 0.2) is 5.16 Å². The van der Waals surface area contributed by atoms with Crippen LogP contribution in [0.15, 0.2) is 47.6 Å². The lowest BCUT2D eigenvalue weighted by Gasteiger charge is -2.08. The van der Waals surface area contributed by atoms with E-state index in [1.165, 1.54) is 17.3 Å². The summed E-state index contributed by atoms with van der Waals surface area (Å²) in [5, 5.41) is 13.1. The summed E-state index contributed by atoms with van der Waals surface area (Å²) < 4.78 is 7.61. The predicted octanol–water partition coefficient (Wildman–Crippen LogP) is 5.43. The van der Waals surface area contributed by atoms with Gasteiger partial charge in [-0.3, -0.25) is 4.79 Å². The van der Waals surface area contributed by atoms with Crippen molar-refractivity contribution in [2.75, 3.05) is 17.7 Å². The second-order valence-electron chi connectivity index (χ2n) is 6.87. The zero-order valence-corrected chi connectivity index (χ0v) is 19.7. The van der Waals surface area contributed by atoms with Crippen molar-refractivity contribution in [2.45, 2.75) is 31.3 Å². The second kappa shape index (κ2) is 11.4. The maximum Gasteiger partial charge on any atom is 0.234 e. The van der Waals surface area contributed by atoms with Gasteiger partial charge in [0.1, 0.15) is 11.6 Å². The molecule has 3 rings (SSSR count). The van der Waals surface area contributed by atoms with Crippen molar-refractivity contribution in [3.8, 4) is 5.75 Å². The van der Waals surface area contributed by atoms with Crippen molar-refractivity contribution >= 4 is 46.6 Å². The Kier molecular flexibility index (Phi) is 8.63. The molecule has 0 radical (unpaired) electrons. The average molecular weight is 479 g/mol. The molecule has 6 nitrogen and oxygen atoms in total. The normalized spacial score (nSPS) is 10.8. The first-order valence-electron chi connectivity index (χ1n) is 9.94. The standard InChI is InChI=1S/C22H24Cl2N4O2S/c1-3-15-6-9-17(10-7-15)25-21(29)14-31-22-27-26-20(28(22)2)5-4-12-30-19-11-8-16(23)13-18(19)24/h6-11,13H,3-5,12,14H2,1-2H3,(H,25,29). The van der Waals surface area contributed by atoms with Crippen LogP contribution in [0.5, 0.6) is 5.75 Å². The molecule has 0 aliphatic heterocycles. The number of thioether (sulfide) groups is 1. The number of anilines is 1.